The zero-order chi connectivity index (χ0) is 18.1. The molecule has 0 aliphatic heterocycles. The molecule has 1 rings (SSSR count). The molecule has 0 saturated heterocycles. The Morgan fingerprint density at radius 3 is 2.46 bits per heavy atom. The Hall–Kier alpha value is -1.93. The highest BCUT2D eigenvalue weighted by Gasteiger charge is 2.32. The minimum absolute atomic E-state index is 0.00797. The zero-order valence-electron chi connectivity index (χ0n) is 13.8. The molecule has 1 saturated carbocycles. The summed E-state index contributed by atoms with van der Waals surface area (Å²) < 4.78 is 9.71. The van der Waals surface area contributed by atoms with Crippen molar-refractivity contribution in [2.24, 2.45) is 5.92 Å². The quantitative estimate of drug-likeness (QED) is 0.313. The number of hydrogen-bond acceptors (Lipinski definition) is 7. The lowest BCUT2D eigenvalue weighted by Gasteiger charge is -2.31. The predicted octanol–water partition coefficient (Wildman–Crippen LogP) is -0.324. The third-order valence-corrected chi connectivity index (χ3v) is 3.86. The second kappa shape index (κ2) is 10.0. The van der Waals surface area contributed by atoms with Gasteiger partial charge in [0.05, 0.1) is 12.2 Å². The first kappa shape index (κ1) is 20.1. The highest BCUT2D eigenvalue weighted by Crippen LogP contribution is 2.28. The number of ether oxygens (including phenoxy) is 2. The minimum Gasteiger partial charge on any atom is -0.461 e. The number of rotatable bonds is 8. The minimum atomic E-state index is -0.843. The van der Waals surface area contributed by atoms with Gasteiger partial charge < -0.3 is 25.0 Å². The standard InChI is InChI=1S/C16H25NO7/c1-3-15(21)23-6-7-24-16(22)12(17-10(2)18)8-11-4-5-13(19)14(20)9-11/h3,11-14,19-20H,1,4-9H2,2H3,(H,17,18). The molecule has 4 unspecified atom stereocenters. The maximum atomic E-state index is 12.1. The maximum Gasteiger partial charge on any atom is 0.330 e. The van der Waals surface area contributed by atoms with Gasteiger partial charge in [0.2, 0.25) is 5.91 Å². The van der Waals surface area contributed by atoms with E-state index in [1.165, 1.54) is 6.92 Å². The van der Waals surface area contributed by atoms with Gasteiger partial charge in [0.15, 0.2) is 0 Å². The van der Waals surface area contributed by atoms with Crippen molar-refractivity contribution in [2.45, 2.75) is 50.9 Å². The topological polar surface area (TPSA) is 122 Å². The first-order valence-electron chi connectivity index (χ1n) is 7.92. The molecule has 0 radical (unpaired) electrons. The Labute approximate surface area is 140 Å². The Kier molecular flexibility index (Phi) is 8.42. The molecule has 0 aromatic carbocycles. The molecule has 8 nitrogen and oxygen atoms in total. The summed E-state index contributed by atoms with van der Waals surface area (Å²) in [6, 6.07) is -0.843. The van der Waals surface area contributed by atoms with Gasteiger partial charge in [0, 0.05) is 13.0 Å². The fourth-order valence-corrected chi connectivity index (χ4v) is 2.67. The Morgan fingerprint density at radius 2 is 1.88 bits per heavy atom. The summed E-state index contributed by atoms with van der Waals surface area (Å²) in [7, 11) is 0. The lowest BCUT2D eigenvalue weighted by Crippen LogP contribution is -2.44. The summed E-state index contributed by atoms with van der Waals surface area (Å²) in [5, 5.41) is 21.8. The molecule has 3 N–H and O–H groups in total. The first-order valence-corrected chi connectivity index (χ1v) is 7.92. The summed E-state index contributed by atoms with van der Waals surface area (Å²) in [5.74, 6) is -1.61. The monoisotopic (exact) mass is 343 g/mol. The summed E-state index contributed by atoms with van der Waals surface area (Å²) >= 11 is 0. The third-order valence-electron chi connectivity index (χ3n) is 3.86. The van der Waals surface area contributed by atoms with Crippen LogP contribution < -0.4 is 5.32 Å². The van der Waals surface area contributed by atoms with Crippen molar-refractivity contribution in [1.29, 1.82) is 0 Å². The molecule has 0 heterocycles. The molecule has 0 aromatic rings. The lowest BCUT2D eigenvalue weighted by atomic mass is 9.81. The van der Waals surface area contributed by atoms with E-state index in [0.717, 1.165) is 6.08 Å². The van der Waals surface area contributed by atoms with Crippen molar-refractivity contribution in [1.82, 2.24) is 5.32 Å². The van der Waals surface area contributed by atoms with E-state index in [9.17, 15) is 24.6 Å². The van der Waals surface area contributed by atoms with E-state index in [-0.39, 0.29) is 25.0 Å². The second-order valence-electron chi connectivity index (χ2n) is 5.84. The molecule has 1 amide bonds. The number of hydrogen-bond donors (Lipinski definition) is 3. The van der Waals surface area contributed by atoms with Gasteiger partial charge in [-0.3, -0.25) is 4.79 Å². The van der Waals surface area contributed by atoms with Crippen molar-refractivity contribution in [3.05, 3.63) is 12.7 Å². The predicted molar refractivity (Wildman–Crippen MR) is 83.7 cm³/mol. The van der Waals surface area contributed by atoms with Crippen molar-refractivity contribution >= 4 is 17.8 Å². The van der Waals surface area contributed by atoms with Crippen molar-refractivity contribution in [2.75, 3.05) is 13.2 Å². The van der Waals surface area contributed by atoms with E-state index in [1.54, 1.807) is 0 Å². The molecule has 0 spiro atoms. The lowest BCUT2D eigenvalue weighted by molar-refractivity contribution is -0.153. The van der Waals surface area contributed by atoms with Crippen LogP contribution in [0.1, 0.15) is 32.6 Å². The van der Waals surface area contributed by atoms with Crippen molar-refractivity contribution < 1.29 is 34.1 Å². The maximum absolute atomic E-state index is 12.1. The fraction of sp³-hybridized carbons (Fsp3) is 0.688. The van der Waals surface area contributed by atoms with Crippen LogP contribution in [0.3, 0.4) is 0 Å². The van der Waals surface area contributed by atoms with Gasteiger partial charge in [0.25, 0.3) is 0 Å². The van der Waals surface area contributed by atoms with Crippen molar-refractivity contribution in [3.8, 4) is 0 Å². The van der Waals surface area contributed by atoms with E-state index < -0.39 is 30.2 Å². The number of carbonyl (C=O) groups is 3. The van der Waals surface area contributed by atoms with Gasteiger partial charge in [-0.25, -0.2) is 9.59 Å². The van der Waals surface area contributed by atoms with Crippen LogP contribution in [0.5, 0.6) is 0 Å². The van der Waals surface area contributed by atoms with Gasteiger partial charge in [-0.15, -0.1) is 0 Å². The van der Waals surface area contributed by atoms with Crippen molar-refractivity contribution in [3.63, 3.8) is 0 Å². The van der Waals surface area contributed by atoms with Crippen LogP contribution in [0.2, 0.25) is 0 Å². The number of amides is 1. The van der Waals surface area contributed by atoms with Gasteiger partial charge in [-0.05, 0) is 31.6 Å². The summed E-state index contributed by atoms with van der Waals surface area (Å²) in [4.78, 5) is 34.3. The highest BCUT2D eigenvalue weighted by atomic mass is 16.6. The smallest absolute Gasteiger partial charge is 0.330 e. The molecule has 1 aliphatic rings. The van der Waals surface area contributed by atoms with Gasteiger partial charge in [-0.2, -0.15) is 0 Å². The molecular weight excluding hydrogens is 318 g/mol. The molecule has 8 heteroatoms. The Bertz CT molecular complexity index is 465. The molecule has 4 atom stereocenters. The molecule has 24 heavy (non-hydrogen) atoms. The largest absolute Gasteiger partial charge is 0.461 e. The average molecular weight is 343 g/mol. The number of carbonyl (C=O) groups excluding carboxylic acids is 3. The van der Waals surface area contributed by atoms with E-state index >= 15 is 0 Å². The zero-order valence-corrected chi connectivity index (χ0v) is 13.8. The summed E-state index contributed by atoms with van der Waals surface area (Å²) in [5.41, 5.74) is 0. The molecular formula is C16H25NO7. The number of aliphatic hydroxyl groups is 2. The number of aliphatic hydroxyl groups excluding tert-OH is 2. The summed E-state index contributed by atoms with van der Waals surface area (Å²) in [6.07, 6.45) is 1.22. The highest BCUT2D eigenvalue weighted by molar-refractivity contribution is 5.83. The SMILES string of the molecule is C=CC(=O)OCCOC(=O)C(CC1CCC(O)C(O)C1)NC(C)=O. The van der Waals surface area contributed by atoms with E-state index in [0.29, 0.717) is 25.7 Å². The average Bonchev–Trinajstić information content (AvgIpc) is 2.53. The molecule has 1 aliphatic carbocycles. The second-order valence-corrected chi connectivity index (χ2v) is 5.84. The third kappa shape index (κ3) is 7.10. The van der Waals surface area contributed by atoms with Crippen LogP contribution in [-0.2, 0) is 23.9 Å². The Balaban J connectivity index is 2.48. The molecule has 0 bridgehead atoms. The summed E-state index contributed by atoms with van der Waals surface area (Å²) in [6.45, 7) is 4.32. The molecule has 136 valence electrons. The number of nitrogens with one attached hydrogen (secondary N) is 1. The van der Waals surface area contributed by atoms with Crippen LogP contribution in [0.4, 0.5) is 0 Å². The van der Waals surface area contributed by atoms with E-state index in [1.807, 2.05) is 0 Å². The van der Waals surface area contributed by atoms with Crippen LogP contribution in [0, 0.1) is 5.92 Å². The number of esters is 2. The normalized spacial score (nSPS) is 24.5. The van der Waals surface area contributed by atoms with Crippen LogP contribution in [-0.4, -0.2) is 59.5 Å². The van der Waals surface area contributed by atoms with E-state index in [4.69, 9.17) is 9.47 Å². The van der Waals surface area contributed by atoms with Crippen LogP contribution in [0.15, 0.2) is 12.7 Å². The molecule has 0 aromatic heterocycles. The van der Waals surface area contributed by atoms with Crippen LogP contribution in [0.25, 0.3) is 0 Å². The van der Waals surface area contributed by atoms with E-state index in [2.05, 4.69) is 11.9 Å². The van der Waals surface area contributed by atoms with Crippen LogP contribution >= 0.6 is 0 Å². The fourth-order valence-electron chi connectivity index (χ4n) is 2.67. The molecule has 1 fully saturated rings. The van der Waals surface area contributed by atoms with Gasteiger partial charge in [0.1, 0.15) is 19.3 Å². The first-order chi connectivity index (χ1) is 11.3. The van der Waals surface area contributed by atoms with Gasteiger partial charge in [-0.1, -0.05) is 6.58 Å². The van der Waals surface area contributed by atoms with Gasteiger partial charge >= 0.3 is 11.9 Å². The Morgan fingerprint density at radius 1 is 1.21 bits per heavy atom.